The number of furan rings is 1. The van der Waals surface area contributed by atoms with Gasteiger partial charge < -0.3 is 40.2 Å². The number of rotatable bonds is 22. The molecule has 5 N–H and O–H groups in total. The number of hydrogen-bond acceptors (Lipinski definition) is 10. The number of alkyl halides is 3. The highest BCUT2D eigenvalue weighted by atomic mass is 19.4. The molecule has 3 atom stereocenters. The predicted octanol–water partition coefficient (Wildman–Crippen LogP) is 5.03. The van der Waals surface area contributed by atoms with Crippen molar-refractivity contribution in [2.24, 2.45) is 5.92 Å². The second kappa shape index (κ2) is 21.1. The Balaban J connectivity index is 1.69. The summed E-state index contributed by atoms with van der Waals surface area (Å²) in [4.78, 5) is 91.9. The average Bonchev–Trinajstić information content (AvgIpc) is 3.67. The van der Waals surface area contributed by atoms with Gasteiger partial charge in [0, 0.05) is 5.56 Å². The summed E-state index contributed by atoms with van der Waals surface area (Å²) < 4.78 is 50.2. The summed E-state index contributed by atoms with van der Waals surface area (Å²) >= 11 is 0. The molecule has 0 aliphatic rings. The SMILES string of the molecule is CCCCC[C@@H](C(=O)NCNC(=O)c1ccc(-c2ccc(C(=O)N[C@@H](CC(=O)O)C(=O)O)c(OCC)c2)o1)[C@@H](CC)N(C=O)OC(=O)c1ccc(C(F)(F)F)cc1. The molecule has 0 radical (unpaired) electrons. The molecule has 4 amide bonds. The molecule has 0 aliphatic heterocycles. The zero-order valence-corrected chi connectivity index (χ0v) is 31.2. The van der Waals surface area contributed by atoms with Crippen molar-refractivity contribution in [1.82, 2.24) is 21.0 Å². The van der Waals surface area contributed by atoms with Crippen LogP contribution >= 0.6 is 0 Å². The molecular weight excluding hydrogens is 761 g/mol. The smallest absolute Gasteiger partial charge is 0.416 e. The van der Waals surface area contributed by atoms with Crippen molar-refractivity contribution < 1.29 is 70.9 Å². The zero-order valence-electron chi connectivity index (χ0n) is 31.2. The van der Waals surface area contributed by atoms with Gasteiger partial charge >= 0.3 is 24.1 Å². The van der Waals surface area contributed by atoms with Crippen molar-refractivity contribution in [3.8, 4) is 17.1 Å². The molecule has 3 rings (SSSR count). The van der Waals surface area contributed by atoms with Crippen LogP contribution < -0.4 is 20.7 Å². The van der Waals surface area contributed by atoms with Crippen molar-refractivity contribution >= 4 is 42.0 Å². The minimum atomic E-state index is -4.62. The number of hydrogen-bond donors (Lipinski definition) is 5. The van der Waals surface area contributed by atoms with Crippen LogP contribution in [0.5, 0.6) is 5.75 Å². The minimum absolute atomic E-state index is 0.0263. The van der Waals surface area contributed by atoms with Gasteiger partial charge in [0.25, 0.3) is 11.8 Å². The Hall–Kier alpha value is -6.40. The average molecular weight is 805 g/mol. The summed E-state index contributed by atoms with van der Waals surface area (Å²) in [5.74, 6) is -7.16. The number of nitrogens with zero attached hydrogens (tertiary/aromatic N) is 1. The van der Waals surface area contributed by atoms with E-state index in [-0.39, 0.29) is 60.9 Å². The van der Waals surface area contributed by atoms with E-state index >= 15 is 0 Å². The van der Waals surface area contributed by atoms with Crippen molar-refractivity contribution in [2.45, 2.75) is 77.6 Å². The highest BCUT2D eigenvalue weighted by molar-refractivity contribution is 6.00. The van der Waals surface area contributed by atoms with Crippen LogP contribution in [0.3, 0.4) is 0 Å². The first-order chi connectivity index (χ1) is 27.0. The molecule has 3 aromatic rings. The summed E-state index contributed by atoms with van der Waals surface area (Å²) in [6.07, 6.45) is -2.74. The molecule has 19 heteroatoms. The molecule has 1 aromatic heterocycles. The third-order valence-corrected chi connectivity index (χ3v) is 8.54. The normalized spacial score (nSPS) is 12.7. The fourth-order valence-electron chi connectivity index (χ4n) is 5.66. The van der Waals surface area contributed by atoms with E-state index in [0.29, 0.717) is 29.2 Å². The first-order valence-electron chi connectivity index (χ1n) is 17.9. The van der Waals surface area contributed by atoms with Crippen molar-refractivity contribution in [1.29, 1.82) is 0 Å². The third-order valence-electron chi connectivity index (χ3n) is 8.54. The van der Waals surface area contributed by atoms with Crippen LogP contribution in [0.2, 0.25) is 0 Å². The lowest BCUT2D eigenvalue weighted by Gasteiger charge is -2.31. The van der Waals surface area contributed by atoms with E-state index in [1.807, 2.05) is 6.92 Å². The van der Waals surface area contributed by atoms with E-state index in [1.54, 1.807) is 13.8 Å². The lowest BCUT2D eigenvalue weighted by atomic mass is 9.90. The van der Waals surface area contributed by atoms with E-state index < -0.39 is 71.8 Å². The van der Waals surface area contributed by atoms with Gasteiger partial charge in [0.05, 0.1) is 48.3 Å². The van der Waals surface area contributed by atoms with Crippen LogP contribution in [0, 0.1) is 5.92 Å². The quantitative estimate of drug-likeness (QED) is 0.0390. The molecule has 16 nitrogen and oxygen atoms in total. The van der Waals surface area contributed by atoms with Gasteiger partial charge in [0.1, 0.15) is 17.6 Å². The molecule has 308 valence electrons. The number of nitrogens with one attached hydrogen (secondary N) is 3. The van der Waals surface area contributed by atoms with Crippen molar-refractivity contribution in [3.63, 3.8) is 0 Å². The molecule has 0 bridgehead atoms. The third kappa shape index (κ3) is 12.8. The fourth-order valence-corrected chi connectivity index (χ4v) is 5.66. The number of benzene rings is 2. The number of amides is 4. The van der Waals surface area contributed by atoms with Gasteiger partial charge in [-0.1, -0.05) is 39.2 Å². The van der Waals surface area contributed by atoms with Crippen molar-refractivity contribution in [3.05, 3.63) is 77.0 Å². The number of carboxylic acid groups (broad SMARTS) is 2. The van der Waals surface area contributed by atoms with Crippen LogP contribution in [-0.4, -0.2) is 82.7 Å². The van der Waals surface area contributed by atoms with Gasteiger partial charge in [0.2, 0.25) is 12.3 Å². The van der Waals surface area contributed by atoms with Gasteiger partial charge in [0.15, 0.2) is 5.76 Å². The standard InChI is InChI=1S/C38H43F3N4O12/c1-4-7-8-9-25(28(5-2)45(21-46)57-37(54)22-10-13-24(14-11-22)38(39,40)41)33(49)42-20-43-35(51)30-17-16-29(56-30)23-12-15-26(31(18-23)55-6-3)34(50)44-27(36(52)53)19-32(47)48/h10-18,21,25,27-28H,4-9,19-20H2,1-3H3,(H,42,49)(H,43,51)(H,44,50)(H,47,48)(H,52,53)/t25-,27+,28-/m1/s1. The number of carboxylic acids is 2. The van der Waals surface area contributed by atoms with Crippen LogP contribution in [-0.2, 0) is 30.2 Å². The Morgan fingerprint density at radius 3 is 2.19 bits per heavy atom. The van der Waals surface area contributed by atoms with Gasteiger partial charge in [-0.15, -0.1) is 0 Å². The van der Waals surface area contributed by atoms with Crippen LogP contribution in [0.1, 0.15) is 96.1 Å². The first-order valence-corrected chi connectivity index (χ1v) is 17.9. The lowest BCUT2D eigenvalue weighted by molar-refractivity contribution is -0.171. The number of carbonyl (C=O) groups is 7. The number of carbonyl (C=O) groups excluding carboxylic acids is 5. The monoisotopic (exact) mass is 804 g/mol. The van der Waals surface area contributed by atoms with Gasteiger partial charge in [-0.05, 0) is 68.3 Å². The largest absolute Gasteiger partial charge is 0.493 e. The maximum absolute atomic E-state index is 13.5. The summed E-state index contributed by atoms with van der Waals surface area (Å²) in [5.41, 5.74) is -0.946. The van der Waals surface area contributed by atoms with E-state index in [2.05, 4.69) is 16.0 Å². The molecule has 0 saturated heterocycles. The van der Waals surface area contributed by atoms with Gasteiger partial charge in [-0.25, -0.2) is 9.59 Å². The Bertz CT molecular complexity index is 1900. The Kier molecular flexibility index (Phi) is 16.6. The second-order valence-electron chi connectivity index (χ2n) is 12.5. The van der Waals surface area contributed by atoms with Gasteiger partial charge in [-0.2, -0.15) is 18.2 Å². The number of ether oxygens (including phenoxy) is 1. The van der Waals surface area contributed by atoms with Crippen LogP contribution in [0.25, 0.3) is 11.3 Å². The summed E-state index contributed by atoms with van der Waals surface area (Å²) in [7, 11) is 0. The Labute approximate surface area is 324 Å². The lowest BCUT2D eigenvalue weighted by Crippen LogP contribution is -2.49. The zero-order chi connectivity index (χ0) is 42.3. The molecule has 0 unspecified atom stereocenters. The summed E-state index contributed by atoms with van der Waals surface area (Å²) in [5, 5.41) is 26.2. The minimum Gasteiger partial charge on any atom is -0.493 e. The fraction of sp³-hybridized carbons (Fsp3) is 0.395. The number of unbranched alkanes of at least 4 members (excludes halogenated alkanes) is 2. The molecule has 57 heavy (non-hydrogen) atoms. The summed E-state index contributed by atoms with van der Waals surface area (Å²) in [6, 6.07) is 7.54. The molecule has 2 aromatic carbocycles. The molecule has 0 aliphatic carbocycles. The molecule has 0 spiro atoms. The van der Waals surface area contributed by atoms with E-state index in [9.17, 15) is 51.8 Å². The second-order valence-corrected chi connectivity index (χ2v) is 12.5. The van der Waals surface area contributed by atoms with E-state index in [4.69, 9.17) is 19.1 Å². The Morgan fingerprint density at radius 2 is 1.61 bits per heavy atom. The van der Waals surface area contributed by atoms with Crippen LogP contribution in [0.4, 0.5) is 13.2 Å². The first kappa shape index (κ1) is 45.0. The maximum Gasteiger partial charge on any atom is 0.416 e. The predicted molar refractivity (Wildman–Crippen MR) is 193 cm³/mol. The highest BCUT2D eigenvalue weighted by Crippen LogP contribution is 2.31. The molecule has 0 fully saturated rings. The topological polar surface area (TPSA) is 231 Å². The number of aliphatic carboxylic acids is 2. The van der Waals surface area contributed by atoms with E-state index in [0.717, 1.165) is 25.0 Å². The summed E-state index contributed by atoms with van der Waals surface area (Å²) in [6.45, 7) is 4.97. The maximum atomic E-state index is 13.5. The highest BCUT2D eigenvalue weighted by Gasteiger charge is 2.34. The Morgan fingerprint density at radius 1 is 0.912 bits per heavy atom. The molecule has 1 heterocycles. The van der Waals surface area contributed by atoms with Crippen molar-refractivity contribution in [2.75, 3.05) is 13.3 Å². The molecule has 0 saturated carbocycles. The number of halogens is 3. The number of hydroxylamine groups is 2. The molecular formula is C38H43F3N4O12. The van der Waals surface area contributed by atoms with Crippen LogP contribution in [0.15, 0.2) is 59.0 Å². The van der Waals surface area contributed by atoms with Gasteiger partial charge in [-0.3, -0.25) is 24.0 Å². The van der Waals surface area contributed by atoms with E-state index in [1.165, 1.54) is 30.3 Å².